The highest BCUT2D eigenvalue weighted by atomic mass is 19.1. The number of halogens is 1. The zero-order valence-corrected chi connectivity index (χ0v) is 7.18. The third-order valence-electron chi connectivity index (χ3n) is 1.88. The smallest absolute Gasteiger partial charge is 0.129 e. The summed E-state index contributed by atoms with van der Waals surface area (Å²) in [4.78, 5) is 0. The van der Waals surface area contributed by atoms with Gasteiger partial charge < -0.3 is 5.11 Å². The van der Waals surface area contributed by atoms with Gasteiger partial charge in [-0.25, -0.2) is 4.39 Å². The van der Waals surface area contributed by atoms with E-state index >= 15 is 0 Å². The van der Waals surface area contributed by atoms with Crippen molar-refractivity contribution >= 4 is 0 Å². The van der Waals surface area contributed by atoms with E-state index in [1.165, 1.54) is 0 Å². The van der Waals surface area contributed by atoms with Gasteiger partial charge in [-0.05, 0) is 30.9 Å². The summed E-state index contributed by atoms with van der Waals surface area (Å²) in [5.74, 6) is -0.133. The normalized spacial score (nSPS) is 10.2. The van der Waals surface area contributed by atoms with E-state index in [-0.39, 0.29) is 12.4 Å². The summed E-state index contributed by atoms with van der Waals surface area (Å²) in [6, 6.07) is 5.35. The maximum Gasteiger partial charge on any atom is 0.129 e. The van der Waals surface area contributed by atoms with E-state index in [1.54, 1.807) is 19.1 Å². The van der Waals surface area contributed by atoms with Gasteiger partial charge in [-0.1, -0.05) is 18.2 Å². The van der Waals surface area contributed by atoms with Crippen molar-refractivity contribution in [1.82, 2.24) is 0 Å². The van der Waals surface area contributed by atoms with E-state index in [0.717, 1.165) is 0 Å². The van der Waals surface area contributed by atoms with Crippen molar-refractivity contribution in [3.05, 3.63) is 35.1 Å². The third kappa shape index (κ3) is 2.05. The third-order valence-corrected chi connectivity index (χ3v) is 1.88. The molecule has 0 aliphatic carbocycles. The number of aryl methyl sites for hydroxylation is 2. The summed E-state index contributed by atoms with van der Waals surface area (Å²) in [5.41, 5.74) is 1.37. The van der Waals surface area contributed by atoms with E-state index in [2.05, 4.69) is 0 Å². The van der Waals surface area contributed by atoms with Gasteiger partial charge in [0.2, 0.25) is 0 Å². The topological polar surface area (TPSA) is 20.2 Å². The standard InChI is InChI=1S/C10H13FO/c1-8-4-2-5-9(10(8)11)6-3-7-12/h2,4-5,12H,3,6-7H2,1H3. The van der Waals surface area contributed by atoms with Crippen LogP contribution in [0.2, 0.25) is 0 Å². The SMILES string of the molecule is Cc1cccc(CCCO)c1F. The summed E-state index contributed by atoms with van der Waals surface area (Å²) in [6.45, 7) is 1.87. The molecule has 0 atom stereocenters. The second kappa shape index (κ2) is 4.21. The molecule has 1 aromatic carbocycles. The Bertz CT molecular complexity index is 258. The van der Waals surface area contributed by atoms with Gasteiger partial charge in [0.05, 0.1) is 0 Å². The van der Waals surface area contributed by atoms with Gasteiger partial charge in [0, 0.05) is 6.61 Å². The van der Waals surface area contributed by atoms with Gasteiger partial charge in [-0.2, -0.15) is 0 Å². The minimum atomic E-state index is -0.133. The summed E-state index contributed by atoms with van der Waals surface area (Å²) in [5, 5.41) is 8.57. The van der Waals surface area contributed by atoms with Crippen LogP contribution in [0.5, 0.6) is 0 Å². The first kappa shape index (κ1) is 9.20. The van der Waals surface area contributed by atoms with Crippen LogP contribution < -0.4 is 0 Å². The van der Waals surface area contributed by atoms with Crippen LogP contribution in [-0.2, 0) is 6.42 Å². The fourth-order valence-corrected chi connectivity index (χ4v) is 1.17. The minimum absolute atomic E-state index is 0.118. The van der Waals surface area contributed by atoms with Crippen molar-refractivity contribution in [3.63, 3.8) is 0 Å². The molecule has 0 radical (unpaired) electrons. The second-order valence-corrected chi connectivity index (χ2v) is 2.88. The number of aliphatic hydroxyl groups excluding tert-OH is 1. The van der Waals surface area contributed by atoms with E-state index in [0.29, 0.717) is 24.0 Å². The largest absolute Gasteiger partial charge is 0.396 e. The molecule has 0 fully saturated rings. The van der Waals surface area contributed by atoms with Crippen molar-refractivity contribution in [2.75, 3.05) is 6.61 Å². The summed E-state index contributed by atoms with van der Waals surface area (Å²) >= 11 is 0. The molecule has 0 saturated carbocycles. The van der Waals surface area contributed by atoms with Crippen LogP contribution in [0.25, 0.3) is 0 Å². The summed E-state index contributed by atoms with van der Waals surface area (Å²) in [6.07, 6.45) is 1.24. The maximum atomic E-state index is 13.2. The Kier molecular flexibility index (Phi) is 3.23. The Hall–Kier alpha value is -0.890. The molecule has 1 aromatic rings. The fourth-order valence-electron chi connectivity index (χ4n) is 1.17. The molecule has 0 aromatic heterocycles. The Morgan fingerprint density at radius 3 is 2.83 bits per heavy atom. The predicted molar refractivity (Wildman–Crippen MR) is 46.5 cm³/mol. The van der Waals surface area contributed by atoms with E-state index < -0.39 is 0 Å². The molecule has 2 heteroatoms. The van der Waals surface area contributed by atoms with Gasteiger partial charge >= 0.3 is 0 Å². The molecule has 0 spiro atoms. The lowest BCUT2D eigenvalue weighted by atomic mass is 10.1. The lowest BCUT2D eigenvalue weighted by Crippen LogP contribution is -1.95. The first-order valence-corrected chi connectivity index (χ1v) is 4.10. The Morgan fingerprint density at radius 1 is 1.42 bits per heavy atom. The van der Waals surface area contributed by atoms with Crippen molar-refractivity contribution in [1.29, 1.82) is 0 Å². The van der Waals surface area contributed by atoms with Crippen LogP contribution in [0, 0.1) is 12.7 Å². The highest BCUT2D eigenvalue weighted by Gasteiger charge is 2.02. The van der Waals surface area contributed by atoms with Crippen molar-refractivity contribution < 1.29 is 9.50 Å². The molecule has 1 rings (SSSR count). The van der Waals surface area contributed by atoms with Gasteiger partial charge in [0.1, 0.15) is 5.82 Å². The Morgan fingerprint density at radius 2 is 2.17 bits per heavy atom. The second-order valence-electron chi connectivity index (χ2n) is 2.88. The highest BCUT2D eigenvalue weighted by Crippen LogP contribution is 2.13. The van der Waals surface area contributed by atoms with Crippen molar-refractivity contribution in [2.45, 2.75) is 19.8 Å². The average molecular weight is 168 g/mol. The van der Waals surface area contributed by atoms with Crippen LogP contribution in [0.15, 0.2) is 18.2 Å². The van der Waals surface area contributed by atoms with E-state index in [9.17, 15) is 4.39 Å². The highest BCUT2D eigenvalue weighted by molar-refractivity contribution is 5.24. The lowest BCUT2D eigenvalue weighted by molar-refractivity contribution is 0.288. The fraction of sp³-hybridized carbons (Fsp3) is 0.400. The molecule has 12 heavy (non-hydrogen) atoms. The monoisotopic (exact) mass is 168 g/mol. The molecule has 0 saturated heterocycles. The molecule has 66 valence electrons. The molecule has 0 unspecified atom stereocenters. The number of benzene rings is 1. The number of hydrogen-bond donors (Lipinski definition) is 1. The summed E-state index contributed by atoms with van der Waals surface area (Å²) < 4.78 is 13.2. The van der Waals surface area contributed by atoms with Crippen LogP contribution in [0.1, 0.15) is 17.5 Å². The van der Waals surface area contributed by atoms with Crippen LogP contribution >= 0.6 is 0 Å². The molecule has 0 bridgehead atoms. The first-order valence-electron chi connectivity index (χ1n) is 4.10. The van der Waals surface area contributed by atoms with Gasteiger partial charge in [-0.15, -0.1) is 0 Å². The number of rotatable bonds is 3. The van der Waals surface area contributed by atoms with Gasteiger partial charge in [-0.3, -0.25) is 0 Å². The van der Waals surface area contributed by atoms with Crippen molar-refractivity contribution in [2.24, 2.45) is 0 Å². The quantitative estimate of drug-likeness (QED) is 0.732. The molecule has 0 aliphatic rings. The van der Waals surface area contributed by atoms with Crippen molar-refractivity contribution in [3.8, 4) is 0 Å². The first-order chi connectivity index (χ1) is 5.75. The Balaban J connectivity index is 2.78. The molecule has 0 aliphatic heterocycles. The van der Waals surface area contributed by atoms with Gasteiger partial charge in [0.15, 0.2) is 0 Å². The van der Waals surface area contributed by atoms with Crippen LogP contribution in [0.3, 0.4) is 0 Å². The van der Waals surface area contributed by atoms with Crippen LogP contribution in [-0.4, -0.2) is 11.7 Å². The average Bonchev–Trinajstić information content (AvgIpc) is 2.08. The predicted octanol–water partition coefficient (Wildman–Crippen LogP) is 2.06. The van der Waals surface area contributed by atoms with Gasteiger partial charge in [0.25, 0.3) is 0 Å². The number of aliphatic hydroxyl groups is 1. The van der Waals surface area contributed by atoms with E-state index in [1.807, 2.05) is 6.07 Å². The summed E-state index contributed by atoms with van der Waals surface area (Å²) in [7, 11) is 0. The molecule has 1 N–H and O–H groups in total. The zero-order valence-electron chi connectivity index (χ0n) is 7.18. The zero-order chi connectivity index (χ0) is 8.97. The lowest BCUT2D eigenvalue weighted by Gasteiger charge is -2.03. The molecule has 0 amide bonds. The molecular formula is C10H13FO. The maximum absolute atomic E-state index is 13.2. The Labute approximate surface area is 71.9 Å². The molecular weight excluding hydrogens is 155 g/mol. The molecule has 1 nitrogen and oxygen atoms in total. The van der Waals surface area contributed by atoms with Crippen LogP contribution in [0.4, 0.5) is 4.39 Å². The van der Waals surface area contributed by atoms with E-state index in [4.69, 9.17) is 5.11 Å². The molecule has 0 heterocycles. The minimum Gasteiger partial charge on any atom is -0.396 e. The number of hydrogen-bond acceptors (Lipinski definition) is 1.